The van der Waals surface area contributed by atoms with E-state index in [9.17, 15) is 0 Å². The molecule has 0 bridgehead atoms. The van der Waals surface area contributed by atoms with E-state index in [4.69, 9.17) is 4.98 Å². The molecule has 1 aromatic heterocycles. The normalized spacial score (nSPS) is 24.3. The molecule has 0 aliphatic carbocycles. The highest BCUT2D eigenvalue weighted by Crippen LogP contribution is 2.24. The molecule has 4 nitrogen and oxygen atoms in total. The van der Waals surface area contributed by atoms with Crippen molar-refractivity contribution in [1.29, 1.82) is 0 Å². The molecule has 1 aliphatic heterocycles. The second-order valence-electron chi connectivity index (χ2n) is 5.75. The Morgan fingerprint density at radius 1 is 1.05 bits per heavy atom. The van der Waals surface area contributed by atoms with Crippen LogP contribution in [0, 0.1) is 5.92 Å². The molecule has 0 aromatic carbocycles. The Morgan fingerprint density at radius 2 is 1.79 bits per heavy atom. The van der Waals surface area contributed by atoms with Crippen LogP contribution in [0.3, 0.4) is 0 Å². The molecule has 1 aromatic rings. The number of nitrogens with zero attached hydrogens (tertiary/aromatic N) is 4. The van der Waals surface area contributed by atoms with Crippen molar-refractivity contribution < 1.29 is 0 Å². The van der Waals surface area contributed by atoms with Gasteiger partial charge in [0.25, 0.3) is 0 Å². The lowest BCUT2D eigenvalue weighted by atomic mass is 10.1. The number of aryl methyl sites for hydroxylation is 2. The topological polar surface area (TPSA) is 41.9 Å². The van der Waals surface area contributed by atoms with Gasteiger partial charge in [-0.25, -0.2) is 4.98 Å². The first-order valence-electron chi connectivity index (χ1n) is 7.64. The van der Waals surface area contributed by atoms with Gasteiger partial charge < -0.3 is 4.90 Å². The van der Waals surface area contributed by atoms with Crippen LogP contribution < -0.4 is 4.90 Å². The third-order valence-electron chi connectivity index (χ3n) is 4.11. The van der Waals surface area contributed by atoms with Crippen LogP contribution in [0.4, 0.5) is 5.95 Å². The van der Waals surface area contributed by atoms with Crippen LogP contribution in [0.1, 0.15) is 58.3 Å². The van der Waals surface area contributed by atoms with Gasteiger partial charge in [0.15, 0.2) is 0 Å². The summed E-state index contributed by atoms with van der Waals surface area (Å²) in [4.78, 5) is 7.12. The first kappa shape index (κ1) is 14.2. The zero-order valence-electron chi connectivity index (χ0n) is 12.7. The summed E-state index contributed by atoms with van der Waals surface area (Å²) in [6.45, 7) is 9.90. The lowest BCUT2D eigenvalue weighted by Gasteiger charge is -2.28. The number of anilines is 1. The Morgan fingerprint density at radius 3 is 2.47 bits per heavy atom. The van der Waals surface area contributed by atoms with Gasteiger partial charge in [0.1, 0.15) is 0 Å². The van der Waals surface area contributed by atoms with Gasteiger partial charge in [-0.15, -0.1) is 5.10 Å². The fourth-order valence-corrected chi connectivity index (χ4v) is 2.85. The minimum Gasteiger partial charge on any atom is -0.337 e. The Kier molecular flexibility index (Phi) is 4.72. The molecule has 0 spiro atoms. The van der Waals surface area contributed by atoms with E-state index in [0.717, 1.165) is 36.7 Å². The molecule has 0 saturated carbocycles. The molecular formula is C15H26N4. The van der Waals surface area contributed by atoms with Crippen LogP contribution in [0.5, 0.6) is 0 Å². The van der Waals surface area contributed by atoms with Crippen LogP contribution in [0.2, 0.25) is 0 Å². The number of aromatic nitrogens is 3. The first-order valence-corrected chi connectivity index (χ1v) is 7.64. The second kappa shape index (κ2) is 6.31. The van der Waals surface area contributed by atoms with Gasteiger partial charge in [-0.1, -0.05) is 27.2 Å². The third-order valence-corrected chi connectivity index (χ3v) is 4.11. The van der Waals surface area contributed by atoms with Crippen molar-refractivity contribution >= 4 is 5.95 Å². The maximum absolute atomic E-state index is 4.76. The Bertz CT molecular complexity index is 419. The smallest absolute Gasteiger partial charge is 0.245 e. The van der Waals surface area contributed by atoms with E-state index >= 15 is 0 Å². The fourth-order valence-electron chi connectivity index (χ4n) is 2.85. The van der Waals surface area contributed by atoms with E-state index in [1.165, 1.54) is 19.3 Å². The molecule has 2 unspecified atom stereocenters. The van der Waals surface area contributed by atoms with Gasteiger partial charge in [0, 0.05) is 12.6 Å². The summed E-state index contributed by atoms with van der Waals surface area (Å²) in [6, 6.07) is 0.518. The van der Waals surface area contributed by atoms with Crippen LogP contribution in [0.25, 0.3) is 0 Å². The molecule has 106 valence electrons. The molecule has 0 radical (unpaired) electrons. The molecule has 0 N–H and O–H groups in total. The predicted octanol–water partition coefficient (Wildman–Crippen LogP) is 3.01. The Labute approximate surface area is 116 Å². The van der Waals surface area contributed by atoms with Gasteiger partial charge in [-0.05, 0) is 38.5 Å². The summed E-state index contributed by atoms with van der Waals surface area (Å²) in [5.74, 6) is 1.54. The fraction of sp³-hybridized carbons (Fsp3) is 0.800. The van der Waals surface area contributed by atoms with Crippen molar-refractivity contribution in [2.75, 3.05) is 11.4 Å². The van der Waals surface area contributed by atoms with Crippen LogP contribution in [0.15, 0.2) is 0 Å². The average Bonchev–Trinajstić information content (AvgIpc) is 2.59. The summed E-state index contributed by atoms with van der Waals surface area (Å²) in [7, 11) is 0. The van der Waals surface area contributed by atoms with E-state index in [1.54, 1.807) is 0 Å². The van der Waals surface area contributed by atoms with E-state index in [1.807, 2.05) is 0 Å². The van der Waals surface area contributed by atoms with E-state index in [0.29, 0.717) is 12.0 Å². The molecule has 2 atom stereocenters. The zero-order valence-corrected chi connectivity index (χ0v) is 12.7. The standard InChI is InChI=1S/C15H26N4/c1-5-13-14(6-2)17-18-15(16-13)19-10-11(3)8-7-9-12(19)4/h11-12H,5-10H2,1-4H3. The minimum atomic E-state index is 0.518. The van der Waals surface area contributed by atoms with Crippen molar-refractivity contribution in [2.45, 2.75) is 65.8 Å². The van der Waals surface area contributed by atoms with E-state index < -0.39 is 0 Å². The molecule has 0 amide bonds. The number of hydrogen-bond donors (Lipinski definition) is 0. The summed E-state index contributed by atoms with van der Waals surface area (Å²) >= 11 is 0. The molecular weight excluding hydrogens is 236 g/mol. The van der Waals surface area contributed by atoms with Gasteiger partial charge in [0.2, 0.25) is 5.95 Å². The first-order chi connectivity index (χ1) is 9.15. The lowest BCUT2D eigenvalue weighted by molar-refractivity contribution is 0.538. The lowest BCUT2D eigenvalue weighted by Crippen LogP contribution is -2.36. The average molecular weight is 262 g/mol. The van der Waals surface area contributed by atoms with E-state index in [2.05, 4.69) is 42.8 Å². The highest BCUT2D eigenvalue weighted by Gasteiger charge is 2.23. The summed E-state index contributed by atoms with van der Waals surface area (Å²) in [5, 5.41) is 8.75. The summed E-state index contributed by atoms with van der Waals surface area (Å²) in [5.41, 5.74) is 2.15. The monoisotopic (exact) mass is 262 g/mol. The minimum absolute atomic E-state index is 0.518. The maximum atomic E-state index is 4.76. The Hall–Kier alpha value is -1.19. The van der Waals surface area contributed by atoms with Crippen molar-refractivity contribution in [3.63, 3.8) is 0 Å². The second-order valence-corrected chi connectivity index (χ2v) is 5.75. The highest BCUT2D eigenvalue weighted by atomic mass is 15.3. The summed E-state index contributed by atoms with van der Waals surface area (Å²) in [6.07, 6.45) is 5.69. The maximum Gasteiger partial charge on any atom is 0.245 e. The van der Waals surface area contributed by atoms with Crippen molar-refractivity contribution in [2.24, 2.45) is 5.92 Å². The molecule has 19 heavy (non-hydrogen) atoms. The van der Waals surface area contributed by atoms with Crippen molar-refractivity contribution in [3.8, 4) is 0 Å². The van der Waals surface area contributed by atoms with Gasteiger partial charge in [0.05, 0.1) is 11.4 Å². The largest absolute Gasteiger partial charge is 0.337 e. The highest BCUT2D eigenvalue weighted by molar-refractivity contribution is 5.32. The number of hydrogen-bond acceptors (Lipinski definition) is 4. The predicted molar refractivity (Wildman–Crippen MR) is 78.4 cm³/mol. The van der Waals surface area contributed by atoms with E-state index in [-0.39, 0.29) is 0 Å². The van der Waals surface area contributed by atoms with Crippen LogP contribution >= 0.6 is 0 Å². The molecule has 2 rings (SSSR count). The van der Waals surface area contributed by atoms with Gasteiger partial charge in [-0.3, -0.25) is 0 Å². The van der Waals surface area contributed by atoms with Crippen molar-refractivity contribution in [1.82, 2.24) is 15.2 Å². The third kappa shape index (κ3) is 3.23. The summed E-state index contributed by atoms with van der Waals surface area (Å²) < 4.78 is 0. The molecule has 1 aliphatic rings. The molecule has 1 saturated heterocycles. The van der Waals surface area contributed by atoms with Crippen molar-refractivity contribution in [3.05, 3.63) is 11.4 Å². The quantitative estimate of drug-likeness (QED) is 0.839. The number of rotatable bonds is 3. The molecule has 4 heteroatoms. The zero-order chi connectivity index (χ0) is 13.8. The van der Waals surface area contributed by atoms with Gasteiger partial charge >= 0.3 is 0 Å². The van der Waals surface area contributed by atoms with Crippen LogP contribution in [-0.4, -0.2) is 27.8 Å². The SMILES string of the molecule is CCc1nnc(N2CC(C)CCCC2C)nc1CC. The van der Waals surface area contributed by atoms with Crippen LogP contribution in [-0.2, 0) is 12.8 Å². The molecule has 2 heterocycles. The Balaban J connectivity index is 2.28. The van der Waals surface area contributed by atoms with Gasteiger partial charge in [-0.2, -0.15) is 5.10 Å². The molecule has 1 fully saturated rings.